The van der Waals surface area contributed by atoms with Crippen LogP contribution >= 0.6 is 11.8 Å². The first-order valence-electron chi connectivity index (χ1n) is 11.8. The van der Waals surface area contributed by atoms with Crippen LogP contribution in [0.2, 0.25) is 0 Å². The van der Waals surface area contributed by atoms with E-state index in [1.54, 1.807) is 11.8 Å². The summed E-state index contributed by atoms with van der Waals surface area (Å²) in [6, 6.07) is 15.5. The minimum Gasteiger partial charge on any atom is -0.481 e. The maximum Gasteiger partial charge on any atom is 0.304 e. The molecule has 0 radical (unpaired) electrons. The fraction of sp³-hybridized carbons (Fsp3) is 0.423. The average molecular weight is 501 g/mol. The Hall–Kier alpha value is -2.88. The van der Waals surface area contributed by atoms with Gasteiger partial charge < -0.3 is 26.8 Å². The van der Waals surface area contributed by atoms with E-state index in [4.69, 9.17) is 10.8 Å². The first-order valence-corrected chi connectivity index (χ1v) is 13.0. The number of hydrogen-bond acceptors (Lipinski definition) is 6. The second-order valence-corrected chi connectivity index (χ2v) is 9.44. The molecule has 0 fully saturated rings. The van der Waals surface area contributed by atoms with E-state index in [0.717, 1.165) is 30.5 Å². The lowest BCUT2D eigenvalue weighted by Crippen LogP contribution is -2.50. The van der Waals surface area contributed by atoms with Gasteiger partial charge in [-0.2, -0.15) is 11.8 Å². The van der Waals surface area contributed by atoms with Gasteiger partial charge in [0.1, 0.15) is 6.04 Å². The molecule has 0 spiro atoms. The molecule has 0 aliphatic carbocycles. The van der Waals surface area contributed by atoms with Crippen LogP contribution in [-0.2, 0) is 26.6 Å². The zero-order valence-corrected chi connectivity index (χ0v) is 21.0. The number of carboxylic acid groups (broad SMARTS) is 1. The third-order valence-corrected chi connectivity index (χ3v) is 6.42. The van der Waals surface area contributed by atoms with E-state index in [1.807, 2.05) is 61.6 Å². The number of carbonyl (C=O) groups excluding carboxylic acids is 2. The van der Waals surface area contributed by atoms with Crippen molar-refractivity contribution in [3.05, 3.63) is 65.7 Å². The summed E-state index contributed by atoms with van der Waals surface area (Å²) in [5.41, 5.74) is 8.77. The molecule has 0 bridgehead atoms. The number of thioether (sulfide) groups is 1. The average Bonchev–Trinajstić information content (AvgIpc) is 2.85. The van der Waals surface area contributed by atoms with Gasteiger partial charge in [-0.05, 0) is 62.5 Å². The highest BCUT2D eigenvalue weighted by molar-refractivity contribution is 7.98. The molecule has 0 heterocycles. The molecule has 0 unspecified atom stereocenters. The second kappa shape index (κ2) is 15.9. The monoisotopic (exact) mass is 500 g/mol. The number of carbonyl (C=O) groups is 3. The molecule has 35 heavy (non-hydrogen) atoms. The van der Waals surface area contributed by atoms with Crippen LogP contribution in [0.25, 0.3) is 0 Å². The lowest BCUT2D eigenvalue weighted by molar-refractivity contribution is -0.136. The van der Waals surface area contributed by atoms with Crippen molar-refractivity contribution in [1.29, 1.82) is 0 Å². The smallest absolute Gasteiger partial charge is 0.304 e. The van der Waals surface area contributed by atoms with Crippen molar-refractivity contribution < 1.29 is 19.5 Å². The Morgan fingerprint density at radius 3 is 2.34 bits per heavy atom. The first-order chi connectivity index (χ1) is 16.9. The maximum atomic E-state index is 13.0. The molecular formula is C26H36N4O4S. The Morgan fingerprint density at radius 2 is 1.69 bits per heavy atom. The maximum absolute atomic E-state index is 13.0. The topological polar surface area (TPSA) is 134 Å². The largest absolute Gasteiger partial charge is 0.481 e. The van der Waals surface area contributed by atoms with E-state index in [1.165, 1.54) is 0 Å². The van der Waals surface area contributed by atoms with Gasteiger partial charge in [-0.3, -0.25) is 14.4 Å². The SMILES string of the molecule is CNCCCC[C@@H](NC(=O)[C@@H](N)Cc1ccccc1)C(=O)Nc1ccc(CSCCC(=O)O)cc1. The zero-order valence-electron chi connectivity index (χ0n) is 20.2. The predicted octanol–water partition coefficient (Wildman–Crippen LogP) is 2.78. The minimum absolute atomic E-state index is 0.134. The Kier molecular flexibility index (Phi) is 12.9. The van der Waals surface area contributed by atoms with Gasteiger partial charge in [-0.25, -0.2) is 0 Å². The zero-order chi connectivity index (χ0) is 25.5. The van der Waals surface area contributed by atoms with Gasteiger partial charge in [-0.1, -0.05) is 42.5 Å². The predicted molar refractivity (Wildman–Crippen MR) is 141 cm³/mol. The molecule has 0 aromatic heterocycles. The van der Waals surface area contributed by atoms with Crippen molar-refractivity contribution in [2.75, 3.05) is 24.7 Å². The normalized spacial score (nSPS) is 12.5. The Bertz CT molecular complexity index is 925. The Morgan fingerprint density at radius 1 is 0.971 bits per heavy atom. The molecule has 0 aliphatic rings. The molecular weight excluding hydrogens is 464 g/mol. The lowest BCUT2D eigenvalue weighted by Gasteiger charge is -2.21. The third kappa shape index (κ3) is 11.4. The van der Waals surface area contributed by atoms with Crippen LogP contribution in [0, 0.1) is 0 Å². The number of rotatable bonds is 16. The van der Waals surface area contributed by atoms with E-state index in [2.05, 4.69) is 16.0 Å². The summed E-state index contributed by atoms with van der Waals surface area (Å²) in [5.74, 6) is -0.182. The van der Waals surface area contributed by atoms with Gasteiger partial charge in [0.2, 0.25) is 11.8 Å². The van der Waals surface area contributed by atoms with Gasteiger partial charge in [0, 0.05) is 17.2 Å². The Balaban J connectivity index is 1.93. The number of nitrogens with two attached hydrogens (primary N) is 1. The molecule has 0 saturated carbocycles. The molecule has 2 rings (SSSR count). The summed E-state index contributed by atoms with van der Waals surface area (Å²) in [4.78, 5) is 36.4. The Labute approximate surface area is 211 Å². The fourth-order valence-electron chi connectivity index (χ4n) is 3.42. The van der Waals surface area contributed by atoms with Crippen LogP contribution in [0.1, 0.15) is 36.8 Å². The number of amides is 2. The van der Waals surface area contributed by atoms with Crippen LogP contribution < -0.4 is 21.7 Å². The molecule has 2 amide bonds. The summed E-state index contributed by atoms with van der Waals surface area (Å²) >= 11 is 1.55. The summed E-state index contributed by atoms with van der Waals surface area (Å²) in [5, 5.41) is 17.5. The molecule has 8 nitrogen and oxygen atoms in total. The molecule has 0 saturated heterocycles. The summed E-state index contributed by atoms with van der Waals surface area (Å²) < 4.78 is 0. The number of aliphatic carboxylic acids is 1. The molecule has 6 N–H and O–H groups in total. The van der Waals surface area contributed by atoms with Crippen molar-refractivity contribution in [3.63, 3.8) is 0 Å². The van der Waals surface area contributed by atoms with Gasteiger partial charge in [-0.15, -0.1) is 0 Å². The number of benzene rings is 2. The van der Waals surface area contributed by atoms with Crippen molar-refractivity contribution >= 4 is 35.2 Å². The van der Waals surface area contributed by atoms with Crippen LogP contribution in [0.15, 0.2) is 54.6 Å². The molecule has 9 heteroatoms. The highest BCUT2D eigenvalue weighted by Crippen LogP contribution is 2.17. The summed E-state index contributed by atoms with van der Waals surface area (Å²) in [6.07, 6.45) is 2.71. The molecule has 2 aromatic carbocycles. The van der Waals surface area contributed by atoms with Gasteiger partial charge in [0.05, 0.1) is 12.5 Å². The van der Waals surface area contributed by atoms with Crippen LogP contribution in [0.5, 0.6) is 0 Å². The standard InChI is InChI=1S/C26H36N4O4S/c1-28-15-6-5-9-23(30-25(33)22(27)17-19-7-3-2-4-8-19)26(34)29-21-12-10-20(11-13-21)18-35-16-14-24(31)32/h2-4,7-8,10-13,22-23,28H,5-6,9,14-18,27H2,1H3,(H,29,34)(H,30,33)(H,31,32)/t22-,23+/m0/s1. The van der Waals surface area contributed by atoms with E-state index in [0.29, 0.717) is 30.0 Å². The van der Waals surface area contributed by atoms with Crippen molar-refractivity contribution in [1.82, 2.24) is 10.6 Å². The second-order valence-electron chi connectivity index (χ2n) is 8.34. The van der Waals surface area contributed by atoms with Gasteiger partial charge >= 0.3 is 5.97 Å². The lowest BCUT2D eigenvalue weighted by atomic mass is 10.0. The molecule has 2 aromatic rings. The molecule has 0 aliphatic heterocycles. The van der Waals surface area contributed by atoms with E-state index in [9.17, 15) is 14.4 Å². The number of hydrogen-bond donors (Lipinski definition) is 5. The molecule has 2 atom stereocenters. The van der Waals surface area contributed by atoms with E-state index >= 15 is 0 Å². The highest BCUT2D eigenvalue weighted by Gasteiger charge is 2.24. The van der Waals surface area contributed by atoms with Crippen LogP contribution in [-0.4, -0.2) is 54.3 Å². The van der Waals surface area contributed by atoms with Crippen molar-refractivity contribution in [2.45, 2.75) is 49.9 Å². The first kappa shape index (κ1) is 28.4. The van der Waals surface area contributed by atoms with Gasteiger partial charge in [0.25, 0.3) is 0 Å². The van der Waals surface area contributed by atoms with E-state index < -0.39 is 18.1 Å². The van der Waals surface area contributed by atoms with Crippen LogP contribution in [0.3, 0.4) is 0 Å². The minimum atomic E-state index is -0.802. The number of carboxylic acids is 1. The van der Waals surface area contributed by atoms with E-state index in [-0.39, 0.29) is 18.2 Å². The van der Waals surface area contributed by atoms with Crippen molar-refractivity contribution in [2.24, 2.45) is 5.73 Å². The quantitative estimate of drug-likeness (QED) is 0.224. The van der Waals surface area contributed by atoms with Crippen molar-refractivity contribution in [3.8, 4) is 0 Å². The third-order valence-electron chi connectivity index (χ3n) is 5.39. The highest BCUT2D eigenvalue weighted by atomic mass is 32.2. The summed E-state index contributed by atoms with van der Waals surface area (Å²) in [7, 11) is 1.88. The fourth-order valence-corrected chi connectivity index (χ4v) is 4.31. The summed E-state index contributed by atoms with van der Waals surface area (Å²) in [6.45, 7) is 0.835. The van der Waals surface area contributed by atoms with Gasteiger partial charge in [0.15, 0.2) is 0 Å². The van der Waals surface area contributed by atoms with Crippen LogP contribution in [0.4, 0.5) is 5.69 Å². The number of nitrogens with one attached hydrogen (secondary N) is 3. The number of unbranched alkanes of at least 4 members (excludes halogenated alkanes) is 1. The number of anilines is 1. The molecule has 190 valence electrons.